The summed E-state index contributed by atoms with van der Waals surface area (Å²) in [6.07, 6.45) is 0. The number of hydrogen-bond donors (Lipinski definition) is 1. The summed E-state index contributed by atoms with van der Waals surface area (Å²) in [6.45, 7) is 0. The molecule has 0 aromatic rings. The van der Waals surface area contributed by atoms with Gasteiger partial charge in [-0.3, -0.25) is 8.42 Å². The third-order valence-electron chi connectivity index (χ3n) is 0. The van der Waals surface area contributed by atoms with Gasteiger partial charge in [-0.05, 0) is 0 Å². The van der Waals surface area contributed by atoms with Gasteiger partial charge >= 0.3 is 46.1 Å². The molecule has 0 heterocycles. The van der Waals surface area contributed by atoms with Crippen molar-refractivity contribution in [2.24, 2.45) is 0 Å². The first-order chi connectivity index (χ1) is 3.00. The molecule has 0 radical (unpaired) electrons. The Hall–Kier alpha value is 1.65. The van der Waals surface area contributed by atoms with Gasteiger partial charge in [0.05, 0.1) is 0 Å². The molecule has 0 saturated carbocycles. The molecule has 0 amide bonds. The second-order valence-corrected chi connectivity index (χ2v) is 1.22. The molecule has 5 nitrogen and oxygen atoms in total. The van der Waals surface area contributed by atoms with Crippen LogP contribution in [0.3, 0.4) is 0 Å². The molecule has 9 heteroatoms. The Balaban J connectivity index is -0.0000000154. The van der Waals surface area contributed by atoms with Gasteiger partial charge in [-0.25, -0.2) is 0 Å². The molecule has 0 unspecified atom stereocenters. The maximum Gasteiger partial charge on any atom is 2.00 e. The monoisotopic (exact) mass is 211 g/mol. The first-order valence-electron chi connectivity index (χ1n) is 1.11. The Morgan fingerprint density at radius 1 is 1.10 bits per heavy atom. The molecule has 1 N–H and O–H groups in total. The second-order valence-electron chi connectivity index (χ2n) is 0.408. The minimum Gasteiger partial charge on any atom is -1.00 e. The molecule has 0 rings (SSSR count). The van der Waals surface area contributed by atoms with E-state index in [1.807, 2.05) is 0 Å². The molecule has 0 aliphatic heterocycles. The Bertz CT molecular complexity index is 103. The van der Waals surface area contributed by atoms with Gasteiger partial charge < -0.3 is 26.6 Å². The maximum absolute atomic E-state index is 8.52. The summed E-state index contributed by atoms with van der Waals surface area (Å²) < 4.78 is 34.1. The summed E-state index contributed by atoms with van der Waals surface area (Å²) in [5, 5.41) is 7.00. The van der Waals surface area contributed by atoms with E-state index in [4.69, 9.17) is 22.6 Å². The average Bonchev–Trinajstić information content (AvgIpc) is 1.36. The van der Waals surface area contributed by atoms with Crippen LogP contribution in [-0.4, -0.2) is 75.8 Å². The molecule has 0 aliphatic rings. The Kier molecular flexibility index (Phi) is 50.6. The van der Waals surface area contributed by atoms with Crippen LogP contribution in [0.1, 0.15) is 0 Å². The number of aliphatic hydroxyl groups is 1. The van der Waals surface area contributed by atoms with E-state index >= 15 is 0 Å². The fourth-order valence-corrected chi connectivity index (χ4v) is 0. The van der Waals surface area contributed by atoms with Crippen molar-refractivity contribution in [1.29, 1.82) is 0 Å². The fourth-order valence-electron chi connectivity index (χ4n) is 0. The summed E-state index contributed by atoms with van der Waals surface area (Å²) in [6, 6.07) is 0. The number of aliphatic hydroxyl groups excluding tert-OH is 1. The second kappa shape index (κ2) is 16.9. The molecule has 0 aromatic heterocycles. The summed E-state index contributed by atoms with van der Waals surface area (Å²) >= 11 is 0. The quantitative estimate of drug-likeness (QED) is 0.245. The summed E-state index contributed by atoms with van der Waals surface area (Å²) in [5.41, 5.74) is 0. The van der Waals surface area contributed by atoms with Crippen LogP contribution < -0.4 is 12.4 Å². The van der Waals surface area contributed by atoms with Crippen molar-refractivity contribution in [3.05, 3.63) is 0 Å². The van der Waals surface area contributed by atoms with E-state index in [0.29, 0.717) is 0 Å². The molecule has 0 aliphatic carbocycles. The van der Waals surface area contributed by atoms with Crippen molar-refractivity contribution >= 4 is 56.5 Å². The molecule has 10 heavy (non-hydrogen) atoms. The smallest absolute Gasteiger partial charge is 1.00 e. The SMILES string of the molecule is CO.O=S(=O)([O-])[O-].[Cl-].[Mg+2].[Mg+2]. The molecular formula is CH4ClMg2O5S+. The van der Waals surface area contributed by atoms with Crippen molar-refractivity contribution in [3.8, 4) is 0 Å². The average molecular weight is 212 g/mol. The van der Waals surface area contributed by atoms with E-state index in [1.165, 1.54) is 0 Å². The molecule has 0 fully saturated rings. The van der Waals surface area contributed by atoms with Crippen molar-refractivity contribution in [3.63, 3.8) is 0 Å². The van der Waals surface area contributed by atoms with Crippen LogP contribution in [0.4, 0.5) is 0 Å². The van der Waals surface area contributed by atoms with Gasteiger partial charge in [0.1, 0.15) is 0 Å². The summed E-state index contributed by atoms with van der Waals surface area (Å²) in [4.78, 5) is 0. The van der Waals surface area contributed by atoms with Crippen molar-refractivity contribution in [2.45, 2.75) is 0 Å². The predicted octanol–water partition coefficient (Wildman–Crippen LogP) is -5.49. The topological polar surface area (TPSA) is 100 Å². The molecular weight excluding hydrogens is 208 g/mol. The van der Waals surface area contributed by atoms with Crippen LogP contribution in [0.25, 0.3) is 0 Å². The van der Waals surface area contributed by atoms with Crippen LogP contribution in [-0.2, 0) is 10.4 Å². The van der Waals surface area contributed by atoms with Crippen molar-refractivity contribution in [1.82, 2.24) is 0 Å². The molecule has 54 valence electrons. The number of hydrogen-bond acceptors (Lipinski definition) is 5. The van der Waals surface area contributed by atoms with E-state index < -0.39 is 10.4 Å². The van der Waals surface area contributed by atoms with E-state index in [-0.39, 0.29) is 58.5 Å². The first kappa shape index (κ1) is 29.9. The van der Waals surface area contributed by atoms with E-state index in [1.54, 1.807) is 0 Å². The molecule has 0 atom stereocenters. The van der Waals surface area contributed by atoms with Crippen LogP contribution >= 0.6 is 0 Å². The molecule has 0 bridgehead atoms. The van der Waals surface area contributed by atoms with Crippen LogP contribution in [0.2, 0.25) is 0 Å². The van der Waals surface area contributed by atoms with Gasteiger partial charge in [0.15, 0.2) is 0 Å². The largest absolute Gasteiger partial charge is 2.00 e. The van der Waals surface area contributed by atoms with Gasteiger partial charge in [0, 0.05) is 17.5 Å². The summed E-state index contributed by atoms with van der Waals surface area (Å²) in [7, 11) is -4.17. The van der Waals surface area contributed by atoms with Gasteiger partial charge in [0.25, 0.3) is 0 Å². The Labute approximate surface area is 97.9 Å². The van der Waals surface area contributed by atoms with Crippen LogP contribution in [0, 0.1) is 0 Å². The van der Waals surface area contributed by atoms with Gasteiger partial charge in [-0.2, -0.15) is 0 Å². The first-order valence-corrected chi connectivity index (χ1v) is 2.45. The van der Waals surface area contributed by atoms with Crippen LogP contribution in [0.15, 0.2) is 0 Å². The minimum absolute atomic E-state index is 0. The van der Waals surface area contributed by atoms with Gasteiger partial charge in [-0.1, -0.05) is 0 Å². The van der Waals surface area contributed by atoms with Gasteiger partial charge in [-0.15, -0.1) is 0 Å². The van der Waals surface area contributed by atoms with E-state index in [0.717, 1.165) is 7.11 Å². The normalized spacial score (nSPS) is 6.40. The standard InChI is InChI=1S/CH4O.ClH.2Mg.H2O4S/c1-2;;;;1-5(2,3)4/h2H,1H3;1H;;;(H2,1,2,3,4)/q;;2*+2;/p-3. The zero-order valence-electron chi connectivity index (χ0n) is 5.28. The predicted molar refractivity (Wildman–Crippen MR) is 30.1 cm³/mol. The van der Waals surface area contributed by atoms with Crippen molar-refractivity contribution < 1.29 is 35.0 Å². The summed E-state index contributed by atoms with van der Waals surface area (Å²) in [5.74, 6) is 0. The maximum atomic E-state index is 8.52. The van der Waals surface area contributed by atoms with Crippen molar-refractivity contribution in [2.75, 3.05) is 7.11 Å². The van der Waals surface area contributed by atoms with E-state index in [2.05, 4.69) is 0 Å². The zero-order valence-corrected chi connectivity index (χ0v) is 9.68. The van der Waals surface area contributed by atoms with Crippen LogP contribution in [0.5, 0.6) is 0 Å². The van der Waals surface area contributed by atoms with E-state index in [9.17, 15) is 0 Å². The molecule has 0 aromatic carbocycles. The van der Waals surface area contributed by atoms with Gasteiger partial charge in [0.2, 0.25) is 0 Å². The minimum atomic E-state index is -5.17. The fraction of sp³-hybridized carbons (Fsp3) is 1.00. The molecule has 0 saturated heterocycles. The zero-order chi connectivity index (χ0) is 6.50. The Morgan fingerprint density at radius 3 is 1.10 bits per heavy atom. The number of rotatable bonds is 0. The third kappa shape index (κ3) is 265. The third-order valence-corrected chi connectivity index (χ3v) is 0. The molecule has 0 spiro atoms. The number of halogens is 1. The Morgan fingerprint density at radius 2 is 1.10 bits per heavy atom.